The summed E-state index contributed by atoms with van der Waals surface area (Å²) in [5.74, 6) is -2.51. The highest BCUT2D eigenvalue weighted by atomic mass is 32.1. The average molecular weight is 411 g/mol. The van der Waals surface area contributed by atoms with Crippen molar-refractivity contribution in [1.29, 1.82) is 0 Å². The molecule has 0 saturated carbocycles. The molecule has 148 valence electrons. The molecule has 3 aromatic heterocycles. The third-order valence-corrected chi connectivity index (χ3v) is 4.89. The van der Waals surface area contributed by atoms with Crippen LogP contribution in [0.2, 0.25) is 0 Å². The van der Waals surface area contributed by atoms with Crippen molar-refractivity contribution >= 4 is 50.7 Å². The minimum absolute atomic E-state index is 0.0320. The lowest BCUT2D eigenvalue weighted by molar-refractivity contribution is -0.137. The summed E-state index contributed by atoms with van der Waals surface area (Å²) in [5.41, 5.74) is 11.7. The molecule has 29 heavy (non-hydrogen) atoms. The predicted molar refractivity (Wildman–Crippen MR) is 109 cm³/mol. The van der Waals surface area contributed by atoms with Crippen LogP contribution in [0.4, 0.5) is 5.82 Å². The molecule has 3 aromatic rings. The predicted octanol–water partition coefficient (Wildman–Crippen LogP) is 1.22. The van der Waals surface area contributed by atoms with Crippen molar-refractivity contribution in [3.05, 3.63) is 59.9 Å². The number of pyridine rings is 1. The minimum Gasteiger partial charge on any atom is -0.463 e. The van der Waals surface area contributed by atoms with Crippen LogP contribution in [0.25, 0.3) is 10.3 Å². The fourth-order valence-corrected chi connectivity index (χ4v) is 3.48. The lowest BCUT2D eigenvalue weighted by Crippen LogP contribution is -2.49. The first-order chi connectivity index (χ1) is 14.0. The number of primary amides is 1. The Morgan fingerprint density at radius 1 is 1.31 bits per heavy atom. The lowest BCUT2D eigenvalue weighted by atomic mass is 10.0. The minimum atomic E-state index is -1.19. The number of aromatic nitrogens is 1. The van der Waals surface area contributed by atoms with E-state index in [0.717, 1.165) is 10.9 Å². The Kier molecular flexibility index (Phi) is 6.15. The number of carbonyl (C=O) groups excluding carboxylic acids is 3. The van der Waals surface area contributed by atoms with E-state index in [4.69, 9.17) is 15.9 Å². The van der Waals surface area contributed by atoms with E-state index < -0.39 is 23.6 Å². The number of amides is 2. The first-order valence-electron chi connectivity index (χ1n) is 8.45. The summed E-state index contributed by atoms with van der Waals surface area (Å²) in [6.07, 6.45) is 5.48. The van der Waals surface area contributed by atoms with Crippen LogP contribution in [0, 0.1) is 0 Å². The van der Waals surface area contributed by atoms with Crippen molar-refractivity contribution < 1.29 is 18.8 Å². The summed E-state index contributed by atoms with van der Waals surface area (Å²) in [4.78, 5) is 44.6. The van der Waals surface area contributed by atoms with Crippen LogP contribution in [-0.2, 0) is 20.8 Å². The van der Waals surface area contributed by atoms with Gasteiger partial charge in [0.05, 0.1) is 11.0 Å². The van der Waals surface area contributed by atoms with Crippen molar-refractivity contribution in [2.24, 2.45) is 16.5 Å². The molecule has 3 rings (SSSR count). The molecule has 9 nitrogen and oxygen atoms in total. The standard InChI is InChI=1S/C19H17N5O4S/c20-6-4-12(23-15-3-1-2-7-22-15)19(27)24-13(16(25)18(21)26)9-11-10-29-14-5-8-28-17(11)14/h1-8,10,13H,9,20H2,(H2,21,26)(H,24,27)/b6-4-,23-12-. The zero-order valence-electron chi connectivity index (χ0n) is 15.1. The summed E-state index contributed by atoms with van der Waals surface area (Å²) in [6.45, 7) is 0. The largest absolute Gasteiger partial charge is 0.463 e. The smallest absolute Gasteiger partial charge is 0.287 e. The van der Waals surface area contributed by atoms with E-state index in [1.807, 2.05) is 0 Å². The van der Waals surface area contributed by atoms with Crippen LogP contribution >= 0.6 is 11.3 Å². The highest BCUT2D eigenvalue weighted by Gasteiger charge is 2.28. The van der Waals surface area contributed by atoms with Crippen LogP contribution in [0.5, 0.6) is 0 Å². The zero-order chi connectivity index (χ0) is 20.8. The molecule has 0 radical (unpaired) electrons. The van der Waals surface area contributed by atoms with E-state index in [2.05, 4.69) is 15.3 Å². The number of hydrogen-bond donors (Lipinski definition) is 3. The van der Waals surface area contributed by atoms with Crippen LogP contribution in [0.15, 0.2) is 63.8 Å². The molecule has 1 unspecified atom stereocenters. The second-order valence-corrected chi connectivity index (χ2v) is 6.79. The van der Waals surface area contributed by atoms with E-state index in [9.17, 15) is 14.4 Å². The van der Waals surface area contributed by atoms with E-state index in [0.29, 0.717) is 11.1 Å². The van der Waals surface area contributed by atoms with E-state index >= 15 is 0 Å². The molecule has 3 heterocycles. The molecule has 0 aromatic carbocycles. The zero-order valence-corrected chi connectivity index (χ0v) is 15.9. The molecule has 1 atom stereocenters. The van der Waals surface area contributed by atoms with E-state index in [1.165, 1.54) is 29.9 Å². The molecular formula is C19H17N5O4S. The Hall–Kier alpha value is -3.79. The summed E-state index contributed by atoms with van der Waals surface area (Å²) in [5, 5.41) is 4.30. The van der Waals surface area contributed by atoms with Gasteiger partial charge in [0.2, 0.25) is 5.78 Å². The summed E-state index contributed by atoms with van der Waals surface area (Å²) < 4.78 is 6.30. The Bertz CT molecular complexity index is 1100. The van der Waals surface area contributed by atoms with Crippen LogP contribution in [0.3, 0.4) is 0 Å². The van der Waals surface area contributed by atoms with Gasteiger partial charge in [0, 0.05) is 18.2 Å². The summed E-state index contributed by atoms with van der Waals surface area (Å²) in [7, 11) is 0. The number of ketones is 1. The number of furan rings is 1. The molecule has 0 aliphatic rings. The Balaban J connectivity index is 1.86. The van der Waals surface area contributed by atoms with Gasteiger partial charge in [-0.2, -0.15) is 0 Å². The van der Waals surface area contributed by atoms with Gasteiger partial charge in [-0.3, -0.25) is 14.4 Å². The lowest BCUT2D eigenvalue weighted by Gasteiger charge is -2.15. The molecule has 0 saturated heterocycles. The van der Waals surface area contributed by atoms with Crippen molar-refractivity contribution in [2.45, 2.75) is 12.5 Å². The quantitative estimate of drug-likeness (QED) is 0.374. The van der Waals surface area contributed by atoms with E-state index in [-0.39, 0.29) is 18.0 Å². The molecule has 10 heteroatoms. The van der Waals surface area contributed by atoms with Crippen LogP contribution in [0.1, 0.15) is 5.56 Å². The number of hydrogen-bond acceptors (Lipinski definition) is 8. The number of carbonyl (C=O) groups is 3. The van der Waals surface area contributed by atoms with Crippen LogP contribution in [-0.4, -0.2) is 34.3 Å². The third-order valence-electron chi connectivity index (χ3n) is 3.91. The first-order valence-corrected chi connectivity index (χ1v) is 9.33. The molecular weight excluding hydrogens is 394 g/mol. The van der Waals surface area contributed by atoms with Gasteiger partial charge in [0.1, 0.15) is 17.3 Å². The van der Waals surface area contributed by atoms with Crippen molar-refractivity contribution in [2.75, 3.05) is 0 Å². The maximum absolute atomic E-state index is 12.7. The molecule has 5 N–H and O–H groups in total. The summed E-state index contributed by atoms with van der Waals surface area (Å²) >= 11 is 1.42. The fraction of sp³-hybridized carbons (Fsp3) is 0.105. The Morgan fingerprint density at radius 3 is 2.83 bits per heavy atom. The monoisotopic (exact) mass is 411 g/mol. The highest BCUT2D eigenvalue weighted by Crippen LogP contribution is 2.27. The number of aliphatic imine (C=N–C) groups is 1. The topological polar surface area (TPSA) is 154 Å². The average Bonchev–Trinajstić information content (AvgIpc) is 3.32. The number of rotatable bonds is 8. The second-order valence-electron chi connectivity index (χ2n) is 5.88. The Labute approximate surface area is 169 Å². The maximum atomic E-state index is 12.7. The molecule has 0 spiro atoms. The highest BCUT2D eigenvalue weighted by molar-refractivity contribution is 7.17. The fourth-order valence-electron chi connectivity index (χ4n) is 2.58. The molecule has 2 amide bonds. The number of nitrogens with two attached hydrogens (primary N) is 2. The van der Waals surface area contributed by atoms with Gasteiger partial charge in [-0.1, -0.05) is 6.07 Å². The van der Waals surface area contributed by atoms with Crippen LogP contribution < -0.4 is 16.8 Å². The normalized spacial score (nSPS) is 12.9. The number of fused-ring (bicyclic) bond motifs is 1. The maximum Gasteiger partial charge on any atom is 0.287 e. The van der Waals surface area contributed by atoms with Gasteiger partial charge in [0.25, 0.3) is 11.8 Å². The third kappa shape index (κ3) is 4.74. The van der Waals surface area contributed by atoms with Crippen molar-refractivity contribution in [1.82, 2.24) is 10.3 Å². The van der Waals surface area contributed by atoms with Gasteiger partial charge in [-0.25, -0.2) is 9.98 Å². The second kappa shape index (κ2) is 8.93. The molecule has 0 aliphatic heterocycles. The number of thiophene rings is 1. The molecule has 0 aliphatic carbocycles. The molecule has 0 fully saturated rings. The van der Waals surface area contributed by atoms with Crippen molar-refractivity contribution in [3.8, 4) is 0 Å². The number of Topliss-reactive ketones (excluding diaryl/α,β-unsaturated/α-hetero) is 1. The first kappa shape index (κ1) is 20.0. The van der Waals surface area contributed by atoms with Gasteiger partial charge in [-0.05, 0) is 35.9 Å². The summed E-state index contributed by atoms with van der Waals surface area (Å²) in [6, 6.07) is 5.61. The molecule has 0 bridgehead atoms. The van der Waals surface area contributed by atoms with Gasteiger partial charge in [-0.15, -0.1) is 11.3 Å². The Morgan fingerprint density at radius 2 is 2.14 bits per heavy atom. The SMILES string of the molecule is N/C=C\C(=N\c1ccccn1)C(=O)NC(Cc1csc2ccoc12)C(=O)C(N)=O. The van der Waals surface area contributed by atoms with Crippen molar-refractivity contribution in [3.63, 3.8) is 0 Å². The van der Waals surface area contributed by atoms with Gasteiger partial charge >= 0.3 is 0 Å². The number of nitrogens with one attached hydrogen (secondary N) is 1. The van der Waals surface area contributed by atoms with Gasteiger partial charge in [0.15, 0.2) is 5.82 Å². The number of nitrogens with zero attached hydrogens (tertiary/aromatic N) is 2. The van der Waals surface area contributed by atoms with Gasteiger partial charge < -0.3 is 21.2 Å². The van der Waals surface area contributed by atoms with E-state index in [1.54, 1.807) is 29.6 Å².